The number of nitrogens with zero attached hydrogens (tertiary/aromatic N) is 2. The third kappa shape index (κ3) is 3.95. The molecule has 0 saturated heterocycles. The molecule has 0 N–H and O–H groups in total. The molecule has 19 heavy (non-hydrogen) atoms. The van der Waals surface area contributed by atoms with E-state index in [0.29, 0.717) is 11.6 Å². The fraction of sp³-hybridized carbons (Fsp3) is 0.214. The van der Waals surface area contributed by atoms with Gasteiger partial charge in [0.15, 0.2) is 5.12 Å². The summed E-state index contributed by atoms with van der Waals surface area (Å²) in [6.45, 7) is 1.56. The van der Waals surface area contributed by atoms with Gasteiger partial charge in [0.1, 0.15) is 11.5 Å². The average molecular weight is 291 g/mol. The summed E-state index contributed by atoms with van der Waals surface area (Å²) >= 11 is 7.30. The molecule has 0 saturated carbocycles. The number of halogens is 1. The second-order valence-corrected chi connectivity index (χ2v) is 5.42. The Hall–Kier alpha value is -1.57. The van der Waals surface area contributed by atoms with Gasteiger partial charge in [0, 0.05) is 30.0 Å². The molecule has 0 unspecified atom stereocenters. The number of fused-ring (bicyclic) bond motifs is 1. The number of carbonyl (C=O) groups is 1. The third-order valence-corrected chi connectivity index (χ3v) is 3.47. The van der Waals surface area contributed by atoms with E-state index < -0.39 is 0 Å². The van der Waals surface area contributed by atoms with Crippen LogP contribution >= 0.6 is 23.4 Å². The lowest BCUT2D eigenvalue weighted by Gasteiger charge is -1.98. The molecule has 0 bridgehead atoms. The van der Waals surface area contributed by atoms with E-state index in [1.54, 1.807) is 6.92 Å². The van der Waals surface area contributed by atoms with Crippen LogP contribution in [0.2, 0.25) is 5.15 Å². The van der Waals surface area contributed by atoms with E-state index in [0.717, 1.165) is 22.2 Å². The van der Waals surface area contributed by atoms with Crippen LogP contribution in [-0.2, 0) is 4.79 Å². The largest absolute Gasteiger partial charge is 0.288 e. The zero-order chi connectivity index (χ0) is 13.7. The van der Waals surface area contributed by atoms with Crippen LogP contribution in [0.1, 0.15) is 18.9 Å². The Labute approximate surface area is 120 Å². The fourth-order valence-corrected chi connectivity index (χ4v) is 2.20. The van der Waals surface area contributed by atoms with E-state index in [-0.39, 0.29) is 5.12 Å². The van der Waals surface area contributed by atoms with Gasteiger partial charge in [-0.1, -0.05) is 35.2 Å². The summed E-state index contributed by atoms with van der Waals surface area (Å²) in [5.41, 5.74) is 1.68. The Balaban J connectivity index is 2.11. The Morgan fingerprint density at radius 2 is 2.26 bits per heavy atom. The first-order valence-electron chi connectivity index (χ1n) is 5.69. The van der Waals surface area contributed by atoms with Gasteiger partial charge in [-0.15, -0.1) is 0 Å². The van der Waals surface area contributed by atoms with Gasteiger partial charge in [-0.05, 0) is 18.2 Å². The lowest BCUT2D eigenvalue weighted by molar-refractivity contribution is -0.109. The molecule has 1 aromatic carbocycles. The zero-order valence-electron chi connectivity index (χ0n) is 10.3. The van der Waals surface area contributed by atoms with Crippen LogP contribution in [0.15, 0.2) is 24.5 Å². The molecule has 0 spiro atoms. The topological polar surface area (TPSA) is 42.9 Å². The van der Waals surface area contributed by atoms with Crippen molar-refractivity contribution >= 4 is 39.4 Å². The standard InChI is InChI=1S/C14H11ClN2OS/c1-10(18)19-7-3-2-4-11-5-6-13-12(8-11)14(15)17-9-16-13/h5-6,8-9H,3,7H2,1H3. The van der Waals surface area contributed by atoms with E-state index >= 15 is 0 Å². The Bertz CT molecular complexity index is 676. The highest BCUT2D eigenvalue weighted by Crippen LogP contribution is 2.19. The first-order chi connectivity index (χ1) is 9.16. The van der Waals surface area contributed by atoms with Crippen LogP contribution in [-0.4, -0.2) is 20.8 Å². The van der Waals surface area contributed by atoms with Crippen LogP contribution in [0.25, 0.3) is 10.9 Å². The second kappa shape index (κ2) is 6.55. The maximum Gasteiger partial charge on any atom is 0.185 e. The van der Waals surface area contributed by atoms with Crippen molar-refractivity contribution in [1.82, 2.24) is 9.97 Å². The van der Waals surface area contributed by atoms with Crippen molar-refractivity contribution in [3.8, 4) is 11.8 Å². The summed E-state index contributed by atoms with van der Waals surface area (Å²) in [6.07, 6.45) is 2.12. The van der Waals surface area contributed by atoms with Crippen molar-refractivity contribution in [2.75, 3.05) is 5.75 Å². The molecule has 0 radical (unpaired) electrons. The number of aromatic nitrogens is 2. The Morgan fingerprint density at radius 3 is 3.05 bits per heavy atom. The summed E-state index contributed by atoms with van der Waals surface area (Å²) < 4.78 is 0. The van der Waals surface area contributed by atoms with E-state index in [1.165, 1.54) is 18.1 Å². The van der Waals surface area contributed by atoms with Gasteiger partial charge in [-0.2, -0.15) is 0 Å². The number of carbonyl (C=O) groups excluding carboxylic acids is 1. The second-order valence-electron chi connectivity index (χ2n) is 3.79. The molecule has 1 aromatic heterocycles. The van der Waals surface area contributed by atoms with Gasteiger partial charge < -0.3 is 0 Å². The first kappa shape index (κ1) is 13.9. The highest BCUT2D eigenvalue weighted by molar-refractivity contribution is 8.13. The van der Waals surface area contributed by atoms with Gasteiger partial charge in [0.05, 0.1) is 5.52 Å². The quantitative estimate of drug-likeness (QED) is 0.483. The molecular weight excluding hydrogens is 280 g/mol. The van der Waals surface area contributed by atoms with E-state index in [9.17, 15) is 4.79 Å². The summed E-state index contributed by atoms with van der Waals surface area (Å²) in [7, 11) is 0. The predicted octanol–water partition coefficient (Wildman–Crippen LogP) is 3.30. The van der Waals surface area contributed by atoms with Gasteiger partial charge in [-0.25, -0.2) is 9.97 Å². The minimum absolute atomic E-state index is 0.122. The van der Waals surface area contributed by atoms with Crippen molar-refractivity contribution in [3.63, 3.8) is 0 Å². The molecule has 1 heterocycles. The highest BCUT2D eigenvalue weighted by atomic mass is 35.5. The lowest BCUT2D eigenvalue weighted by Crippen LogP contribution is -1.86. The Kier molecular flexibility index (Phi) is 4.78. The number of benzene rings is 1. The maximum absolute atomic E-state index is 10.7. The monoisotopic (exact) mass is 290 g/mol. The molecule has 0 fully saturated rings. The van der Waals surface area contributed by atoms with Crippen LogP contribution in [0, 0.1) is 11.8 Å². The predicted molar refractivity (Wildman–Crippen MR) is 79.2 cm³/mol. The highest BCUT2D eigenvalue weighted by Gasteiger charge is 2.01. The summed E-state index contributed by atoms with van der Waals surface area (Å²) in [5.74, 6) is 6.81. The molecular formula is C14H11ClN2OS. The van der Waals surface area contributed by atoms with Crippen LogP contribution < -0.4 is 0 Å². The molecule has 2 rings (SSSR count). The number of rotatable bonds is 2. The van der Waals surface area contributed by atoms with Crippen molar-refractivity contribution in [1.29, 1.82) is 0 Å². The molecule has 0 aliphatic heterocycles. The average Bonchev–Trinajstić information content (AvgIpc) is 2.39. The van der Waals surface area contributed by atoms with Gasteiger partial charge in [-0.3, -0.25) is 4.79 Å². The van der Waals surface area contributed by atoms with Gasteiger partial charge in [0.25, 0.3) is 0 Å². The molecule has 0 aliphatic carbocycles. The molecule has 2 aromatic rings. The summed E-state index contributed by atoms with van der Waals surface area (Å²) in [5, 5.41) is 1.35. The van der Waals surface area contributed by atoms with E-state index in [4.69, 9.17) is 11.6 Å². The summed E-state index contributed by atoms with van der Waals surface area (Å²) in [6, 6.07) is 5.65. The third-order valence-electron chi connectivity index (χ3n) is 2.35. The fourth-order valence-electron chi connectivity index (χ4n) is 1.51. The number of hydrogen-bond acceptors (Lipinski definition) is 4. The lowest BCUT2D eigenvalue weighted by atomic mass is 10.1. The van der Waals surface area contributed by atoms with Crippen molar-refractivity contribution in [3.05, 3.63) is 35.2 Å². The minimum Gasteiger partial charge on any atom is -0.288 e. The number of thioether (sulfide) groups is 1. The smallest absolute Gasteiger partial charge is 0.185 e. The van der Waals surface area contributed by atoms with Crippen molar-refractivity contribution in [2.45, 2.75) is 13.3 Å². The number of hydrogen-bond donors (Lipinski definition) is 0. The molecule has 96 valence electrons. The molecule has 0 atom stereocenters. The normalized spacial score (nSPS) is 10.0. The molecule has 0 amide bonds. The maximum atomic E-state index is 10.7. The van der Waals surface area contributed by atoms with Crippen molar-refractivity contribution in [2.24, 2.45) is 0 Å². The minimum atomic E-state index is 0.122. The zero-order valence-corrected chi connectivity index (χ0v) is 11.9. The molecule has 0 aliphatic rings. The molecule has 3 nitrogen and oxygen atoms in total. The Morgan fingerprint density at radius 1 is 1.42 bits per heavy atom. The van der Waals surface area contributed by atoms with Crippen molar-refractivity contribution < 1.29 is 4.79 Å². The van der Waals surface area contributed by atoms with Crippen LogP contribution in [0.5, 0.6) is 0 Å². The van der Waals surface area contributed by atoms with E-state index in [2.05, 4.69) is 21.8 Å². The SMILES string of the molecule is CC(=O)SCCC#Cc1ccc2ncnc(Cl)c2c1. The van der Waals surface area contributed by atoms with Crippen LogP contribution in [0.3, 0.4) is 0 Å². The van der Waals surface area contributed by atoms with Gasteiger partial charge in [0.2, 0.25) is 0 Å². The first-order valence-corrected chi connectivity index (χ1v) is 7.05. The summed E-state index contributed by atoms with van der Waals surface area (Å²) in [4.78, 5) is 18.8. The van der Waals surface area contributed by atoms with Gasteiger partial charge >= 0.3 is 0 Å². The molecule has 5 heteroatoms. The van der Waals surface area contributed by atoms with E-state index in [1.807, 2.05) is 18.2 Å². The van der Waals surface area contributed by atoms with Crippen LogP contribution in [0.4, 0.5) is 0 Å².